The van der Waals surface area contributed by atoms with Gasteiger partial charge in [-0.3, -0.25) is 9.59 Å². The average molecular weight is 335 g/mol. The van der Waals surface area contributed by atoms with Crippen molar-refractivity contribution < 1.29 is 9.59 Å². The molecule has 2 rings (SSSR count). The lowest BCUT2D eigenvalue weighted by Crippen LogP contribution is -2.24. The third kappa shape index (κ3) is 4.38. The maximum Gasteiger partial charge on any atom is 0.237 e. The Labute approximate surface area is 137 Å². The number of carbonyl (C=O) groups excluding carboxylic acids is 2. The Bertz CT molecular complexity index is 668. The number of amides is 1. The Morgan fingerprint density at radius 1 is 1.27 bits per heavy atom. The Morgan fingerprint density at radius 3 is 2.45 bits per heavy atom. The number of benzene rings is 1. The van der Waals surface area contributed by atoms with E-state index < -0.39 is 0 Å². The van der Waals surface area contributed by atoms with Crippen molar-refractivity contribution >= 4 is 40.5 Å². The zero-order valence-electron chi connectivity index (χ0n) is 12.6. The minimum absolute atomic E-state index is 0.00602. The molecule has 1 unspecified atom stereocenters. The van der Waals surface area contributed by atoms with E-state index in [0.717, 1.165) is 9.35 Å². The number of ketones is 1. The van der Waals surface area contributed by atoms with Gasteiger partial charge in [0, 0.05) is 11.3 Å². The molecule has 5 nitrogen and oxygen atoms in total. The summed E-state index contributed by atoms with van der Waals surface area (Å²) in [6.07, 6.45) is 0.695. The highest BCUT2D eigenvalue weighted by Crippen LogP contribution is 2.28. The van der Waals surface area contributed by atoms with Crippen LogP contribution in [0.2, 0.25) is 0 Å². The molecule has 0 bridgehead atoms. The van der Waals surface area contributed by atoms with E-state index in [1.165, 1.54) is 30.0 Å². The number of anilines is 1. The molecule has 0 aliphatic carbocycles. The van der Waals surface area contributed by atoms with E-state index in [-0.39, 0.29) is 16.9 Å². The van der Waals surface area contributed by atoms with Crippen LogP contribution in [0.25, 0.3) is 0 Å². The smallest absolute Gasteiger partial charge is 0.237 e. The fraction of sp³-hybridized carbons (Fsp3) is 0.333. The van der Waals surface area contributed by atoms with E-state index in [1.807, 2.05) is 13.8 Å². The third-order valence-corrected chi connectivity index (χ3v) is 5.26. The molecule has 1 aromatic carbocycles. The molecule has 0 fully saturated rings. The molecule has 2 aromatic rings. The van der Waals surface area contributed by atoms with Gasteiger partial charge in [-0.15, -0.1) is 10.2 Å². The Hall–Kier alpha value is -1.73. The normalized spacial score (nSPS) is 12.0. The van der Waals surface area contributed by atoms with Gasteiger partial charge in [-0.2, -0.15) is 0 Å². The third-order valence-electron chi connectivity index (χ3n) is 2.97. The van der Waals surface area contributed by atoms with Gasteiger partial charge in [0.25, 0.3) is 0 Å². The van der Waals surface area contributed by atoms with Crippen molar-refractivity contribution in [2.75, 3.05) is 5.32 Å². The summed E-state index contributed by atoms with van der Waals surface area (Å²) in [5.41, 5.74) is 1.31. The molecule has 0 saturated heterocycles. The average Bonchev–Trinajstić information content (AvgIpc) is 2.90. The number of rotatable bonds is 6. The van der Waals surface area contributed by atoms with E-state index in [4.69, 9.17) is 0 Å². The molecule has 1 amide bonds. The van der Waals surface area contributed by atoms with Crippen LogP contribution in [0.5, 0.6) is 0 Å². The number of nitrogens with zero attached hydrogens (tertiary/aromatic N) is 2. The topological polar surface area (TPSA) is 72.0 Å². The van der Waals surface area contributed by atoms with Gasteiger partial charge >= 0.3 is 0 Å². The molecule has 0 aliphatic rings. The molecule has 22 heavy (non-hydrogen) atoms. The van der Waals surface area contributed by atoms with Crippen molar-refractivity contribution in [2.24, 2.45) is 0 Å². The second-order valence-corrected chi connectivity index (χ2v) is 7.36. The summed E-state index contributed by atoms with van der Waals surface area (Å²) in [6.45, 7) is 5.37. The van der Waals surface area contributed by atoms with Gasteiger partial charge in [0.05, 0.1) is 5.25 Å². The summed E-state index contributed by atoms with van der Waals surface area (Å²) >= 11 is 2.91. The van der Waals surface area contributed by atoms with Crippen LogP contribution in [-0.2, 0) is 4.79 Å². The maximum atomic E-state index is 12.3. The fourth-order valence-electron chi connectivity index (χ4n) is 1.78. The fourth-order valence-corrected chi connectivity index (χ4v) is 3.76. The minimum atomic E-state index is -0.222. The number of thioether (sulfide) groups is 1. The first-order valence-corrected chi connectivity index (χ1v) is 8.58. The second-order valence-electron chi connectivity index (χ2n) is 4.72. The lowest BCUT2D eigenvalue weighted by Gasteiger charge is -2.13. The van der Waals surface area contributed by atoms with Crippen LogP contribution in [0.15, 0.2) is 28.6 Å². The molecule has 0 radical (unpaired) electrons. The van der Waals surface area contributed by atoms with E-state index in [2.05, 4.69) is 15.5 Å². The van der Waals surface area contributed by atoms with Gasteiger partial charge in [0.1, 0.15) is 5.01 Å². The molecule has 0 saturated carbocycles. The van der Waals surface area contributed by atoms with Crippen molar-refractivity contribution in [3.05, 3.63) is 34.8 Å². The quantitative estimate of drug-likeness (QED) is 0.645. The zero-order chi connectivity index (χ0) is 16.1. The summed E-state index contributed by atoms with van der Waals surface area (Å²) < 4.78 is 0.798. The van der Waals surface area contributed by atoms with Crippen molar-refractivity contribution in [3.63, 3.8) is 0 Å². The molecule has 7 heteroatoms. The predicted octanol–water partition coefficient (Wildman–Crippen LogP) is 3.56. The molecule has 0 aliphatic heterocycles. The lowest BCUT2D eigenvalue weighted by atomic mass is 10.1. The molecular formula is C15H17N3O2S2. The van der Waals surface area contributed by atoms with Crippen molar-refractivity contribution in [2.45, 2.75) is 36.8 Å². The van der Waals surface area contributed by atoms with Gasteiger partial charge in [0.15, 0.2) is 10.1 Å². The van der Waals surface area contributed by atoms with Crippen LogP contribution in [0, 0.1) is 6.92 Å². The summed E-state index contributed by atoms with van der Waals surface area (Å²) in [5.74, 6) is -0.0672. The standard InChI is InChI=1S/C15H17N3O2S2/c1-4-13(22-15-18-17-10(3)21-15)14(20)16-12-7-5-11(6-8-12)9(2)19/h5-8,13H,4H2,1-3H3,(H,16,20). The molecule has 1 atom stereocenters. The molecule has 116 valence electrons. The highest BCUT2D eigenvalue weighted by molar-refractivity contribution is 8.02. The highest BCUT2D eigenvalue weighted by Gasteiger charge is 2.20. The Kier molecular flexibility index (Phi) is 5.68. The maximum absolute atomic E-state index is 12.3. The van der Waals surface area contributed by atoms with Gasteiger partial charge in [-0.05, 0) is 44.5 Å². The number of Topliss-reactive ketones (excluding diaryl/α,β-unsaturated/α-hetero) is 1. The van der Waals surface area contributed by atoms with Gasteiger partial charge < -0.3 is 5.32 Å². The zero-order valence-corrected chi connectivity index (χ0v) is 14.3. The molecule has 1 aromatic heterocycles. The molecule has 1 N–H and O–H groups in total. The van der Waals surface area contributed by atoms with E-state index in [9.17, 15) is 9.59 Å². The monoisotopic (exact) mass is 335 g/mol. The van der Waals surface area contributed by atoms with Gasteiger partial charge in [-0.25, -0.2) is 0 Å². The molecule has 1 heterocycles. The Balaban J connectivity index is 2.00. The predicted molar refractivity (Wildman–Crippen MR) is 89.7 cm³/mol. The van der Waals surface area contributed by atoms with Crippen molar-refractivity contribution in [3.8, 4) is 0 Å². The van der Waals surface area contributed by atoms with Crippen LogP contribution < -0.4 is 5.32 Å². The Morgan fingerprint density at radius 2 is 1.95 bits per heavy atom. The first-order chi connectivity index (χ1) is 10.5. The first-order valence-electron chi connectivity index (χ1n) is 6.88. The summed E-state index contributed by atoms with van der Waals surface area (Å²) in [5, 5.41) is 11.5. The van der Waals surface area contributed by atoms with Gasteiger partial charge in [0.2, 0.25) is 5.91 Å². The molecular weight excluding hydrogens is 318 g/mol. The largest absolute Gasteiger partial charge is 0.325 e. The van der Waals surface area contributed by atoms with Crippen LogP contribution in [0.3, 0.4) is 0 Å². The van der Waals surface area contributed by atoms with Crippen molar-refractivity contribution in [1.82, 2.24) is 10.2 Å². The number of nitrogens with one attached hydrogen (secondary N) is 1. The van der Waals surface area contributed by atoms with Crippen LogP contribution in [0.4, 0.5) is 5.69 Å². The van der Waals surface area contributed by atoms with Crippen LogP contribution >= 0.6 is 23.1 Å². The highest BCUT2D eigenvalue weighted by atomic mass is 32.2. The number of aryl methyl sites for hydroxylation is 1. The van der Waals surface area contributed by atoms with Crippen LogP contribution in [0.1, 0.15) is 35.6 Å². The number of carbonyl (C=O) groups is 2. The summed E-state index contributed by atoms with van der Waals surface area (Å²) in [7, 11) is 0. The lowest BCUT2D eigenvalue weighted by molar-refractivity contribution is -0.115. The van der Waals surface area contributed by atoms with E-state index >= 15 is 0 Å². The first kappa shape index (κ1) is 16.6. The van der Waals surface area contributed by atoms with E-state index in [1.54, 1.807) is 24.3 Å². The van der Waals surface area contributed by atoms with Crippen molar-refractivity contribution in [1.29, 1.82) is 0 Å². The van der Waals surface area contributed by atoms with E-state index in [0.29, 0.717) is 17.7 Å². The summed E-state index contributed by atoms with van der Waals surface area (Å²) in [6, 6.07) is 6.89. The van der Waals surface area contributed by atoms with Gasteiger partial charge in [-0.1, -0.05) is 30.0 Å². The summed E-state index contributed by atoms with van der Waals surface area (Å²) in [4.78, 5) is 23.6. The molecule has 0 spiro atoms. The number of hydrogen-bond acceptors (Lipinski definition) is 6. The number of hydrogen-bond donors (Lipinski definition) is 1. The number of aromatic nitrogens is 2. The second kappa shape index (κ2) is 7.51. The van der Waals surface area contributed by atoms with Crippen LogP contribution in [-0.4, -0.2) is 27.1 Å². The minimum Gasteiger partial charge on any atom is -0.325 e. The SMILES string of the molecule is CCC(Sc1nnc(C)s1)C(=O)Nc1ccc(C(C)=O)cc1.